The lowest BCUT2D eigenvalue weighted by Gasteiger charge is -2.11. The fourth-order valence-electron chi connectivity index (χ4n) is 2.08. The predicted octanol–water partition coefficient (Wildman–Crippen LogP) is 3.60. The van der Waals surface area contributed by atoms with Crippen molar-refractivity contribution in [1.82, 2.24) is 15.6 Å². The molecule has 2 N–H and O–H groups in total. The maximum atomic E-state index is 5.67. The highest BCUT2D eigenvalue weighted by Crippen LogP contribution is 2.13. The number of guanidine groups is 1. The SMILES string of the molecule is CCNC(=NCc1ncc(CC)s1)NCCOCc1ccccc1.I. The number of benzene rings is 1. The number of aryl methyl sites for hydroxylation is 1. The first kappa shape index (κ1) is 21.9. The summed E-state index contributed by atoms with van der Waals surface area (Å²) in [6.07, 6.45) is 2.96. The minimum Gasteiger partial charge on any atom is -0.375 e. The molecule has 25 heavy (non-hydrogen) atoms. The number of thiazole rings is 1. The standard InChI is InChI=1S/C18H26N4OS.HI/c1-3-16-12-21-17(24-16)13-22-18(19-4-2)20-10-11-23-14-15-8-6-5-7-9-15;/h5-9,12H,3-4,10-11,13-14H2,1-2H3,(H2,19,20,22);1H. The summed E-state index contributed by atoms with van der Waals surface area (Å²) in [6.45, 7) is 7.62. The molecule has 1 aromatic carbocycles. The number of aromatic nitrogens is 1. The average Bonchev–Trinajstić information content (AvgIpc) is 3.08. The minimum absolute atomic E-state index is 0. The second-order valence-electron chi connectivity index (χ2n) is 5.23. The number of rotatable bonds is 9. The fourth-order valence-corrected chi connectivity index (χ4v) is 2.87. The van der Waals surface area contributed by atoms with Crippen molar-refractivity contribution in [2.75, 3.05) is 19.7 Å². The van der Waals surface area contributed by atoms with Gasteiger partial charge in [-0.3, -0.25) is 0 Å². The van der Waals surface area contributed by atoms with Gasteiger partial charge in [-0.25, -0.2) is 9.98 Å². The van der Waals surface area contributed by atoms with Crippen LogP contribution in [0.1, 0.15) is 29.3 Å². The van der Waals surface area contributed by atoms with E-state index >= 15 is 0 Å². The molecule has 5 nitrogen and oxygen atoms in total. The van der Waals surface area contributed by atoms with E-state index in [1.165, 1.54) is 10.4 Å². The third kappa shape index (κ3) is 8.64. The molecule has 0 bridgehead atoms. The zero-order valence-corrected chi connectivity index (χ0v) is 18.0. The Labute approximate surface area is 171 Å². The topological polar surface area (TPSA) is 58.5 Å². The summed E-state index contributed by atoms with van der Waals surface area (Å²) in [7, 11) is 0. The lowest BCUT2D eigenvalue weighted by atomic mass is 10.2. The first-order valence-corrected chi connectivity index (χ1v) is 9.21. The number of nitrogens with one attached hydrogen (secondary N) is 2. The van der Waals surface area contributed by atoms with E-state index < -0.39 is 0 Å². The Morgan fingerprint density at radius 2 is 2.00 bits per heavy atom. The molecule has 2 aromatic rings. The van der Waals surface area contributed by atoms with Crippen LogP contribution in [0, 0.1) is 0 Å². The number of hydrogen-bond donors (Lipinski definition) is 2. The van der Waals surface area contributed by atoms with Crippen LogP contribution in [0.5, 0.6) is 0 Å². The Kier molecular flexibility index (Phi) is 11.4. The van der Waals surface area contributed by atoms with E-state index in [1.807, 2.05) is 24.4 Å². The van der Waals surface area contributed by atoms with Crippen molar-refractivity contribution < 1.29 is 4.74 Å². The molecule has 7 heteroatoms. The van der Waals surface area contributed by atoms with Crippen LogP contribution in [0.15, 0.2) is 41.5 Å². The number of nitrogens with zero attached hydrogens (tertiary/aromatic N) is 2. The highest BCUT2D eigenvalue weighted by atomic mass is 127. The molecule has 0 radical (unpaired) electrons. The van der Waals surface area contributed by atoms with E-state index in [0.717, 1.165) is 30.5 Å². The van der Waals surface area contributed by atoms with Crippen LogP contribution in [0.25, 0.3) is 0 Å². The maximum absolute atomic E-state index is 5.67. The van der Waals surface area contributed by atoms with E-state index in [4.69, 9.17) is 4.74 Å². The lowest BCUT2D eigenvalue weighted by molar-refractivity contribution is 0.125. The van der Waals surface area contributed by atoms with Crippen molar-refractivity contribution >= 4 is 41.3 Å². The second-order valence-corrected chi connectivity index (χ2v) is 6.43. The van der Waals surface area contributed by atoms with Crippen molar-refractivity contribution in [3.8, 4) is 0 Å². The van der Waals surface area contributed by atoms with E-state index in [1.54, 1.807) is 11.3 Å². The third-order valence-corrected chi connectivity index (χ3v) is 4.44. The van der Waals surface area contributed by atoms with Crippen LogP contribution < -0.4 is 10.6 Å². The molecule has 0 saturated carbocycles. The minimum atomic E-state index is 0. The maximum Gasteiger partial charge on any atom is 0.191 e. The Hall–Kier alpha value is -1.19. The Morgan fingerprint density at radius 3 is 2.68 bits per heavy atom. The van der Waals surface area contributed by atoms with Crippen molar-refractivity contribution in [1.29, 1.82) is 0 Å². The number of ether oxygens (including phenoxy) is 1. The van der Waals surface area contributed by atoms with Gasteiger partial charge < -0.3 is 15.4 Å². The van der Waals surface area contributed by atoms with Crippen molar-refractivity contribution in [3.05, 3.63) is 52.0 Å². The molecule has 0 spiro atoms. The summed E-state index contributed by atoms with van der Waals surface area (Å²) in [6, 6.07) is 10.2. The monoisotopic (exact) mass is 474 g/mol. The molecule has 0 fully saturated rings. The van der Waals surface area contributed by atoms with Gasteiger partial charge >= 0.3 is 0 Å². The molecule has 0 aliphatic rings. The zero-order valence-electron chi connectivity index (χ0n) is 14.8. The molecular weight excluding hydrogens is 447 g/mol. The van der Waals surface area contributed by atoms with Gasteiger partial charge in [-0.1, -0.05) is 37.3 Å². The molecule has 0 aliphatic heterocycles. The largest absolute Gasteiger partial charge is 0.375 e. The van der Waals surface area contributed by atoms with Crippen molar-refractivity contribution in [2.24, 2.45) is 4.99 Å². The molecule has 0 atom stereocenters. The molecule has 0 aliphatic carbocycles. The third-order valence-electron chi connectivity index (χ3n) is 3.32. The quantitative estimate of drug-likeness (QED) is 0.253. The lowest BCUT2D eigenvalue weighted by Crippen LogP contribution is -2.38. The number of hydrogen-bond acceptors (Lipinski definition) is 4. The zero-order chi connectivity index (χ0) is 17.0. The van der Waals surface area contributed by atoms with Crippen LogP contribution in [0.4, 0.5) is 0 Å². The van der Waals surface area contributed by atoms with Crippen molar-refractivity contribution in [3.63, 3.8) is 0 Å². The molecule has 1 heterocycles. The van der Waals surface area contributed by atoms with Gasteiger partial charge in [0.25, 0.3) is 0 Å². The number of aliphatic imine (C=N–C) groups is 1. The van der Waals surface area contributed by atoms with Gasteiger partial charge in [0.15, 0.2) is 5.96 Å². The fraction of sp³-hybridized carbons (Fsp3) is 0.444. The summed E-state index contributed by atoms with van der Waals surface area (Å²) in [5.41, 5.74) is 1.19. The summed E-state index contributed by atoms with van der Waals surface area (Å²) >= 11 is 1.72. The smallest absolute Gasteiger partial charge is 0.191 e. The Bertz CT molecular complexity index is 619. The molecular formula is C18H27IN4OS. The molecule has 0 amide bonds. The van der Waals surface area contributed by atoms with Crippen molar-refractivity contribution in [2.45, 2.75) is 33.4 Å². The predicted molar refractivity (Wildman–Crippen MR) is 116 cm³/mol. The van der Waals surface area contributed by atoms with Crippen LogP contribution in [-0.4, -0.2) is 30.6 Å². The van der Waals surface area contributed by atoms with Crippen LogP contribution >= 0.6 is 35.3 Å². The van der Waals surface area contributed by atoms with Crippen LogP contribution in [0.3, 0.4) is 0 Å². The van der Waals surface area contributed by atoms with Gasteiger partial charge in [-0.05, 0) is 18.9 Å². The van der Waals surface area contributed by atoms with Gasteiger partial charge in [0.05, 0.1) is 19.8 Å². The molecule has 0 unspecified atom stereocenters. The summed E-state index contributed by atoms with van der Waals surface area (Å²) < 4.78 is 5.67. The van der Waals surface area contributed by atoms with Gasteiger partial charge in [-0.2, -0.15) is 0 Å². The summed E-state index contributed by atoms with van der Waals surface area (Å²) in [5, 5.41) is 7.58. The number of halogens is 1. The van der Waals surface area contributed by atoms with Gasteiger partial charge in [-0.15, -0.1) is 35.3 Å². The van der Waals surface area contributed by atoms with E-state index in [9.17, 15) is 0 Å². The van der Waals surface area contributed by atoms with E-state index in [0.29, 0.717) is 19.8 Å². The van der Waals surface area contributed by atoms with E-state index in [2.05, 4.69) is 46.6 Å². The van der Waals surface area contributed by atoms with Gasteiger partial charge in [0, 0.05) is 24.2 Å². The Morgan fingerprint density at radius 1 is 1.20 bits per heavy atom. The first-order valence-electron chi connectivity index (χ1n) is 8.39. The van der Waals surface area contributed by atoms with Gasteiger partial charge in [0.1, 0.15) is 5.01 Å². The van der Waals surface area contributed by atoms with Crippen LogP contribution in [-0.2, 0) is 24.3 Å². The summed E-state index contributed by atoms with van der Waals surface area (Å²) in [5.74, 6) is 0.800. The highest BCUT2D eigenvalue weighted by Gasteiger charge is 2.01. The molecule has 2 rings (SSSR count). The molecule has 138 valence electrons. The van der Waals surface area contributed by atoms with Gasteiger partial charge in [0.2, 0.25) is 0 Å². The first-order chi connectivity index (χ1) is 11.8. The molecule has 0 saturated heterocycles. The Balaban J connectivity index is 0.00000312. The van der Waals surface area contributed by atoms with Crippen LogP contribution in [0.2, 0.25) is 0 Å². The highest BCUT2D eigenvalue weighted by molar-refractivity contribution is 14.0. The van der Waals surface area contributed by atoms with E-state index in [-0.39, 0.29) is 24.0 Å². The second kappa shape index (κ2) is 13.1. The molecule has 1 aromatic heterocycles. The summed E-state index contributed by atoms with van der Waals surface area (Å²) in [4.78, 5) is 10.3. The normalized spacial score (nSPS) is 11.0. The average molecular weight is 474 g/mol.